The second-order valence-electron chi connectivity index (χ2n) is 4.27. The van der Waals surface area contributed by atoms with Gasteiger partial charge in [-0.15, -0.1) is 0 Å². The van der Waals surface area contributed by atoms with Crippen LogP contribution in [0.4, 0.5) is 11.4 Å². The lowest BCUT2D eigenvalue weighted by atomic mass is 10.1. The van der Waals surface area contributed by atoms with Crippen molar-refractivity contribution >= 4 is 17.3 Å². The Bertz CT molecular complexity index is 492. The van der Waals surface area contributed by atoms with Crippen molar-refractivity contribution < 1.29 is 4.79 Å². The minimum atomic E-state index is -0.0259. The Hall–Kier alpha value is -2.06. The molecule has 2 N–H and O–H groups in total. The van der Waals surface area contributed by atoms with Gasteiger partial charge in [-0.3, -0.25) is 4.79 Å². The second-order valence-corrected chi connectivity index (χ2v) is 4.27. The monoisotopic (exact) mass is 244 g/mol. The quantitative estimate of drug-likeness (QED) is 0.773. The molecule has 0 saturated heterocycles. The number of carbonyl (C=O) groups is 1. The van der Waals surface area contributed by atoms with Crippen molar-refractivity contribution in [2.45, 2.75) is 6.42 Å². The van der Waals surface area contributed by atoms with Gasteiger partial charge >= 0.3 is 0 Å². The molecular formula is C13H16N4O. The van der Waals surface area contributed by atoms with Crippen LogP contribution in [0.1, 0.15) is 12.0 Å². The lowest BCUT2D eigenvalue weighted by molar-refractivity contribution is -0.115. The summed E-state index contributed by atoms with van der Waals surface area (Å²) in [5.74, 6) is -0.0259. The summed E-state index contributed by atoms with van der Waals surface area (Å²) in [5.41, 5.74) is 2.28. The summed E-state index contributed by atoms with van der Waals surface area (Å²) < 4.78 is 0. The highest BCUT2D eigenvalue weighted by Crippen LogP contribution is 2.30. The van der Waals surface area contributed by atoms with Crippen LogP contribution < -0.4 is 15.5 Å². The van der Waals surface area contributed by atoms with Crippen LogP contribution in [0.25, 0.3) is 0 Å². The van der Waals surface area contributed by atoms with Crippen LogP contribution in [-0.2, 0) is 4.79 Å². The van der Waals surface area contributed by atoms with Gasteiger partial charge in [-0.05, 0) is 38.2 Å². The lowest BCUT2D eigenvalue weighted by Gasteiger charge is -2.31. The summed E-state index contributed by atoms with van der Waals surface area (Å²) in [4.78, 5) is 13.7. The van der Waals surface area contributed by atoms with Gasteiger partial charge in [-0.25, -0.2) is 0 Å². The summed E-state index contributed by atoms with van der Waals surface area (Å²) in [5, 5.41) is 14.8. The predicted molar refractivity (Wildman–Crippen MR) is 70.5 cm³/mol. The molecule has 0 saturated carbocycles. The fraction of sp³-hybridized carbons (Fsp3) is 0.385. The van der Waals surface area contributed by atoms with Crippen LogP contribution in [0.15, 0.2) is 18.2 Å². The SMILES string of the molecule is CNCCCN1CC(=O)Nc2cc(C#N)ccc21. The Morgan fingerprint density at radius 3 is 3.11 bits per heavy atom. The minimum Gasteiger partial charge on any atom is -0.360 e. The van der Waals surface area contributed by atoms with E-state index in [1.807, 2.05) is 18.0 Å². The Balaban J connectivity index is 2.20. The summed E-state index contributed by atoms with van der Waals surface area (Å²) in [6, 6.07) is 7.47. The molecule has 0 unspecified atom stereocenters. The topological polar surface area (TPSA) is 68.2 Å². The van der Waals surface area contributed by atoms with Gasteiger partial charge in [0.25, 0.3) is 0 Å². The van der Waals surface area contributed by atoms with Crippen molar-refractivity contribution in [3.8, 4) is 6.07 Å². The summed E-state index contributed by atoms with van der Waals surface area (Å²) in [6.07, 6.45) is 0.975. The van der Waals surface area contributed by atoms with Crippen LogP contribution in [0, 0.1) is 11.3 Å². The summed E-state index contributed by atoms with van der Waals surface area (Å²) in [7, 11) is 1.91. The zero-order chi connectivity index (χ0) is 13.0. The number of fused-ring (bicyclic) bond motifs is 1. The van der Waals surface area contributed by atoms with Crippen molar-refractivity contribution in [1.82, 2.24) is 5.32 Å². The number of hydrogen-bond acceptors (Lipinski definition) is 4. The summed E-state index contributed by atoms with van der Waals surface area (Å²) >= 11 is 0. The van der Waals surface area contributed by atoms with Gasteiger partial charge in [0.05, 0.1) is 29.6 Å². The van der Waals surface area contributed by atoms with Crippen molar-refractivity contribution in [3.05, 3.63) is 23.8 Å². The van der Waals surface area contributed by atoms with Gasteiger partial charge in [-0.2, -0.15) is 5.26 Å². The van der Waals surface area contributed by atoms with E-state index in [1.165, 1.54) is 0 Å². The first-order valence-electron chi connectivity index (χ1n) is 5.98. The molecule has 94 valence electrons. The first kappa shape index (κ1) is 12.4. The Morgan fingerprint density at radius 2 is 2.39 bits per heavy atom. The second kappa shape index (κ2) is 5.52. The maximum atomic E-state index is 11.6. The number of carbonyl (C=O) groups excluding carboxylic acids is 1. The molecule has 1 amide bonds. The number of hydrogen-bond donors (Lipinski definition) is 2. The molecule has 0 radical (unpaired) electrons. The van der Waals surface area contributed by atoms with Crippen LogP contribution in [0.2, 0.25) is 0 Å². The average molecular weight is 244 g/mol. The van der Waals surface area contributed by atoms with Crippen LogP contribution >= 0.6 is 0 Å². The maximum Gasteiger partial charge on any atom is 0.243 e. The highest BCUT2D eigenvalue weighted by Gasteiger charge is 2.21. The van der Waals surface area contributed by atoms with E-state index in [4.69, 9.17) is 5.26 Å². The normalized spacial score (nSPS) is 13.8. The van der Waals surface area contributed by atoms with Gasteiger partial charge in [0.2, 0.25) is 5.91 Å². The zero-order valence-corrected chi connectivity index (χ0v) is 10.4. The molecule has 0 fully saturated rings. The van der Waals surface area contributed by atoms with E-state index in [-0.39, 0.29) is 5.91 Å². The Morgan fingerprint density at radius 1 is 1.56 bits per heavy atom. The zero-order valence-electron chi connectivity index (χ0n) is 10.4. The molecule has 1 aliphatic heterocycles. The van der Waals surface area contributed by atoms with Crippen molar-refractivity contribution in [3.63, 3.8) is 0 Å². The molecule has 5 heteroatoms. The van der Waals surface area contributed by atoms with Gasteiger partial charge in [-0.1, -0.05) is 0 Å². The van der Waals surface area contributed by atoms with Crippen molar-refractivity contribution in [2.24, 2.45) is 0 Å². The molecule has 1 aromatic rings. The third kappa shape index (κ3) is 2.60. The highest BCUT2D eigenvalue weighted by molar-refractivity contribution is 6.01. The molecule has 0 aromatic heterocycles. The van der Waals surface area contributed by atoms with Gasteiger partial charge in [0.1, 0.15) is 0 Å². The first-order chi connectivity index (χ1) is 8.74. The maximum absolute atomic E-state index is 11.6. The minimum absolute atomic E-state index is 0.0259. The van der Waals surface area contributed by atoms with E-state index in [0.29, 0.717) is 12.1 Å². The molecule has 1 aliphatic rings. The van der Waals surface area contributed by atoms with E-state index in [1.54, 1.807) is 12.1 Å². The Labute approximate surface area is 106 Å². The fourth-order valence-corrected chi connectivity index (χ4v) is 2.08. The van der Waals surface area contributed by atoms with E-state index >= 15 is 0 Å². The molecule has 0 aliphatic carbocycles. The van der Waals surface area contributed by atoms with Gasteiger partial charge in [0, 0.05) is 6.54 Å². The average Bonchev–Trinajstić information content (AvgIpc) is 2.38. The molecule has 2 rings (SSSR count). The van der Waals surface area contributed by atoms with Crippen molar-refractivity contribution in [2.75, 3.05) is 36.9 Å². The molecule has 1 heterocycles. The number of anilines is 2. The number of nitrogens with zero attached hydrogens (tertiary/aromatic N) is 2. The Kier molecular flexibility index (Phi) is 3.80. The number of nitrogens with one attached hydrogen (secondary N) is 2. The molecular weight excluding hydrogens is 228 g/mol. The molecule has 0 atom stereocenters. The van der Waals surface area contributed by atoms with E-state index in [0.717, 1.165) is 30.9 Å². The van der Waals surface area contributed by atoms with Gasteiger partial charge in [0.15, 0.2) is 0 Å². The third-order valence-corrected chi connectivity index (χ3v) is 2.93. The largest absolute Gasteiger partial charge is 0.360 e. The standard InChI is InChI=1S/C13H16N4O/c1-15-5-2-6-17-9-13(18)16-11-7-10(8-14)3-4-12(11)17/h3-4,7,15H,2,5-6,9H2,1H3,(H,16,18). The third-order valence-electron chi connectivity index (χ3n) is 2.93. The van der Waals surface area contributed by atoms with Crippen LogP contribution in [0.5, 0.6) is 0 Å². The smallest absolute Gasteiger partial charge is 0.243 e. The molecule has 1 aromatic carbocycles. The summed E-state index contributed by atoms with van der Waals surface area (Å²) in [6.45, 7) is 2.12. The first-order valence-corrected chi connectivity index (χ1v) is 5.98. The number of rotatable bonds is 4. The number of nitriles is 1. The molecule has 0 spiro atoms. The van der Waals surface area contributed by atoms with Crippen LogP contribution in [0.3, 0.4) is 0 Å². The fourth-order valence-electron chi connectivity index (χ4n) is 2.08. The van der Waals surface area contributed by atoms with E-state index in [9.17, 15) is 4.79 Å². The molecule has 18 heavy (non-hydrogen) atoms. The van der Waals surface area contributed by atoms with Gasteiger partial charge < -0.3 is 15.5 Å². The number of amides is 1. The predicted octanol–water partition coefficient (Wildman–Crippen LogP) is 0.926. The number of benzene rings is 1. The molecule has 5 nitrogen and oxygen atoms in total. The lowest BCUT2D eigenvalue weighted by Crippen LogP contribution is -2.39. The highest BCUT2D eigenvalue weighted by atomic mass is 16.2. The van der Waals surface area contributed by atoms with Crippen LogP contribution in [-0.4, -0.2) is 32.6 Å². The van der Waals surface area contributed by atoms with Crippen molar-refractivity contribution in [1.29, 1.82) is 5.26 Å². The molecule has 0 bridgehead atoms. The van der Waals surface area contributed by atoms with E-state index in [2.05, 4.69) is 16.7 Å². The van der Waals surface area contributed by atoms with E-state index < -0.39 is 0 Å².